The van der Waals surface area contributed by atoms with Crippen LogP contribution in [-0.2, 0) is 4.57 Å². The Balaban J connectivity index is 0. The molecule has 0 aromatic rings. The van der Waals surface area contributed by atoms with E-state index in [0.29, 0.717) is 0 Å². The number of hydrogen-bond donors (Lipinski definition) is 3. The molecule has 0 atom stereocenters. The average molecular weight is 144 g/mol. The van der Waals surface area contributed by atoms with Gasteiger partial charge in [-0.3, -0.25) is 0 Å². The maximum Gasteiger partial charge on any atom is 0.466 e. The Labute approximate surface area is 48.1 Å². The van der Waals surface area contributed by atoms with Crippen LogP contribution in [-0.4, -0.2) is 31.4 Å². The van der Waals surface area contributed by atoms with Crippen LogP contribution in [0.5, 0.6) is 0 Å². The largest absolute Gasteiger partial charge is 0.466 e. The van der Waals surface area contributed by atoms with Crippen molar-refractivity contribution in [2.75, 3.05) is 0 Å². The van der Waals surface area contributed by atoms with E-state index >= 15 is 0 Å². The van der Waals surface area contributed by atoms with Crippen LogP contribution in [0, 0.1) is 0 Å². The van der Waals surface area contributed by atoms with Gasteiger partial charge in [-0.25, -0.2) is 4.57 Å². The molecule has 4 nitrogen and oxygen atoms in total. The first-order valence-electron chi connectivity index (χ1n) is 1.00. The molecular formula is H3AlFO4P. The van der Waals surface area contributed by atoms with Gasteiger partial charge in [0.2, 0.25) is 0 Å². The van der Waals surface area contributed by atoms with Gasteiger partial charge < -0.3 is 18.2 Å². The quantitative estimate of drug-likeness (QED) is 0.304. The first kappa shape index (κ1) is 10.5. The second-order valence-electron chi connectivity index (χ2n) is 0.513. The Morgan fingerprint density at radius 1 is 1.29 bits per heavy atom. The second kappa shape index (κ2) is 4.72. The van der Waals surface area contributed by atoms with Crippen LogP contribution in [0.2, 0.25) is 0 Å². The second-order valence-corrected chi connectivity index (χ2v) is 1.54. The molecule has 0 aliphatic heterocycles. The van der Waals surface area contributed by atoms with Crippen molar-refractivity contribution in [1.82, 2.24) is 0 Å². The number of hydrogen-bond acceptors (Lipinski definition) is 1. The van der Waals surface area contributed by atoms with Crippen molar-refractivity contribution in [3.05, 3.63) is 0 Å². The zero-order chi connectivity index (χ0) is 6.50. The Morgan fingerprint density at radius 2 is 1.29 bits per heavy atom. The Kier molecular flexibility index (Phi) is 7.11. The molecule has 0 heterocycles. The maximum absolute atomic E-state index is 9.42. The molecule has 42 valence electrons. The molecule has 0 aliphatic rings. The summed E-state index contributed by atoms with van der Waals surface area (Å²) in [5.41, 5.74) is 0. The number of rotatable bonds is 0. The van der Waals surface area contributed by atoms with E-state index in [1.165, 1.54) is 0 Å². The van der Waals surface area contributed by atoms with E-state index in [-0.39, 0.29) is 0 Å². The SMILES string of the molecule is O=P(O)(O)O.[F][Al]. The number of phosphoric acid groups is 1. The summed E-state index contributed by atoms with van der Waals surface area (Å²) in [5, 5.41) is 0. The summed E-state index contributed by atoms with van der Waals surface area (Å²) in [5.74, 6) is 0. The fraction of sp³-hybridized carbons (Fsp3) is 0. The molecule has 0 fully saturated rings. The molecule has 0 bridgehead atoms. The predicted octanol–water partition coefficient (Wildman–Crippen LogP) is -0.889. The molecule has 7 heavy (non-hydrogen) atoms. The minimum absolute atomic E-state index is 0.917. The minimum Gasteiger partial charge on any atom is -0.447 e. The standard InChI is InChI=1S/Al.FH.H3O4P/c;;1-5(2,3)4/h;1H;(H3,1,2,3,4)/q+1;;/p-1. The van der Waals surface area contributed by atoms with Gasteiger partial charge in [0.1, 0.15) is 0 Å². The molecule has 0 saturated heterocycles. The van der Waals surface area contributed by atoms with Gasteiger partial charge in [-0.1, -0.05) is 0 Å². The molecule has 0 spiro atoms. The van der Waals surface area contributed by atoms with Gasteiger partial charge in [0.15, 0.2) is 0 Å². The lowest BCUT2D eigenvalue weighted by atomic mass is 15.8. The van der Waals surface area contributed by atoms with Crippen molar-refractivity contribution in [2.45, 2.75) is 0 Å². The summed E-state index contributed by atoms with van der Waals surface area (Å²) in [6.45, 7) is 0. The van der Waals surface area contributed by atoms with E-state index in [9.17, 15) is 3.52 Å². The van der Waals surface area contributed by atoms with Gasteiger partial charge in [-0.15, -0.1) is 0 Å². The zero-order valence-electron chi connectivity index (χ0n) is 3.15. The molecule has 0 aromatic heterocycles. The van der Waals surface area contributed by atoms with E-state index in [1.54, 1.807) is 0 Å². The highest BCUT2D eigenvalue weighted by atomic mass is 31.2. The van der Waals surface area contributed by atoms with Gasteiger partial charge in [-0.05, 0) is 0 Å². The summed E-state index contributed by atoms with van der Waals surface area (Å²) >= 11 is 0.917. The Bertz CT molecular complexity index is 57.8. The molecule has 0 rings (SSSR count). The van der Waals surface area contributed by atoms with Crippen LogP contribution in [0.4, 0.5) is 3.52 Å². The van der Waals surface area contributed by atoms with Crippen LogP contribution < -0.4 is 0 Å². The normalized spacial score (nSPS) is 9.14. The van der Waals surface area contributed by atoms with E-state index < -0.39 is 7.82 Å². The lowest BCUT2D eigenvalue weighted by Gasteiger charge is -1.82. The van der Waals surface area contributed by atoms with Crippen LogP contribution in [0.1, 0.15) is 0 Å². The first-order chi connectivity index (χ1) is 3.00. The minimum atomic E-state index is -4.64. The topological polar surface area (TPSA) is 77.8 Å². The van der Waals surface area contributed by atoms with Crippen LogP contribution in [0.3, 0.4) is 0 Å². The summed E-state index contributed by atoms with van der Waals surface area (Å²) < 4.78 is 18.3. The summed E-state index contributed by atoms with van der Waals surface area (Å²) in [7, 11) is -4.64. The van der Waals surface area contributed by atoms with E-state index in [4.69, 9.17) is 19.2 Å². The molecule has 0 aliphatic carbocycles. The fourth-order valence-corrected chi connectivity index (χ4v) is 0. The van der Waals surface area contributed by atoms with Crippen LogP contribution >= 0.6 is 7.82 Å². The zero-order valence-corrected chi connectivity index (χ0v) is 5.20. The molecule has 7 heteroatoms. The van der Waals surface area contributed by atoms with Crippen molar-refractivity contribution >= 4 is 24.6 Å². The fourth-order valence-electron chi connectivity index (χ4n) is 0. The molecule has 0 aromatic carbocycles. The monoisotopic (exact) mass is 144 g/mol. The van der Waals surface area contributed by atoms with Crippen molar-refractivity contribution in [2.24, 2.45) is 0 Å². The molecule has 2 radical (unpaired) electrons. The summed E-state index contributed by atoms with van der Waals surface area (Å²) in [4.78, 5) is 21.6. The Hall–Kier alpha value is 0.572. The summed E-state index contributed by atoms with van der Waals surface area (Å²) in [6.07, 6.45) is 0. The lowest BCUT2D eigenvalue weighted by molar-refractivity contribution is 0.275. The van der Waals surface area contributed by atoms with Gasteiger partial charge in [0.25, 0.3) is 0 Å². The molecule has 0 amide bonds. The highest BCUT2D eigenvalue weighted by Crippen LogP contribution is 2.25. The Morgan fingerprint density at radius 3 is 1.29 bits per heavy atom. The predicted molar refractivity (Wildman–Crippen MR) is 21.1 cm³/mol. The molecule has 3 N–H and O–H groups in total. The van der Waals surface area contributed by atoms with Gasteiger partial charge in [0, 0.05) is 0 Å². The van der Waals surface area contributed by atoms with Crippen molar-refractivity contribution in [1.29, 1.82) is 0 Å². The van der Waals surface area contributed by atoms with Crippen molar-refractivity contribution < 1.29 is 22.8 Å². The van der Waals surface area contributed by atoms with Crippen molar-refractivity contribution in [3.63, 3.8) is 0 Å². The van der Waals surface area contributed by atoms with Crippen LogP contribution in [0.25, 0.3) is 0 Å². The first-order valence-corrected chi connectivity index (χ1v) is 3.00. The molecule has 0 saturated carbocycles. The average Bonchev–Trinajstić information content (AvgIpc) is 1.36. The van der Waals surface area contributed by atoms with Gasteiger partial charge >= 0.3 is 24.6 Å². The van der Waals surface area contributed by atoms with Crippen molar-refractivity contribution in [3.8, 4) is 0 Å². The lowest BCUT2D eigenvalue weighted by Crippen LogP contribution is -1.66. The smallest absolute Gasteiger partial charge is 0.447 e. The summed E-state index contributed by atoms with van der Waals surface area (Å²) in [6, 6.07) is 0. The van der Waals surface area contributed by atoms with E-state index in [1.807, 2.05) is 0 Å². The maximum atomic E-state index is 9.42. The van der Waals surface area contributed by atoms with Gasteiger partial charge in [0.05, 0.1) is 0 Å². The van der Waals surface area contributed by atoms with Crippen LogP contribution in [0.15, 0.2) is 0 Å². The number of halogens is 1. The van der Waals surface area contributed by atoms with Gasteiger partial charge in [-0.2, -0.15) is 0 Å². The third kappa shape index (κ3) is 419. The third-order valence-corrected chi connectivity index (χ3v) is 0. The third-order valence-electron chi connectivity index (χ3n) is 0. The highest BCUT2D eigenvalue weighted by Gasteiger charge is 2.00. The highest BCUT2D eigenvalue weighted by molar-refractivity contribution is 7.45. The van der Waals surface area contributed by atoms with E-state index in [2.05, 4.69) is 0 Å². The van der Waals surface area contributed by atoms with E-state index in [0.717, 1.165) is 16.7 Å². The molecular weight excluding hydrogens is 141 g/mol. The molecule has 0 unspecified atom stereocenters.